The third kappa shape index (κ3) is 4.18. The van der Waals surface area contributed by atoms with Crippen molar-refractivity contribution in [2.75, 3.05) is 4.90 Å². The highest BCUT2D eigenvalue weighted by molar-refractivity contribution is 6.19. The lowest BCUT2D eigenvalue weighted by Gasteiger charge is -2.63. The molecule has 10 aromatic rings. The molecule has 1 spiro atoms. The zero-order valence-electron chi connectivity index (χ0n) is 32.9. The van der Waals surface area contributed by atoms with Crippen LogP contribution in [-0.4, -0.2) is 9.13 Å². The summed E-state index contributed by atoms with van der Waals surface area (Å²) in [7, 11) is 0. The second-order valence-corrected chi connectivity index (χ2v) is 18.1. The van der Waals surface area contributed by atoms with E-state index in [0.717, 1.165) is 23.2 Å². The highest BCUT2D eigenvalue weighted by Crippen LogP contribution is 2.68. The third-order valence-corrected chi connectivity index (χ3v) is 15.5. The molecule has 282 valence electrons. The van der Waals surface area contributed by atoms with Crippen LogP contribution in [0, 0.1) is 23.7 Å². The second kappa shape index (κ2) is 11.8. The molecule has 0 N–H and O–H groups in total. The lowest BCUT2D eigenvalue weighted by molar-refractivity contribution is -0.0418. The Morgan fingerprint density at radius 3 is 1.71 bits per heavy atom. The number of benzene rings is 8. The molecule has 5 aliphatic rings. The van der Waals surface area contributed by atoms with Crippen molar-refractivity contribution in [3.05, 3.63) is 187 Å². The van der Waals surface area contributed by atoms with Crippen LogP contribution in [0.1, 0.15) is 43.2 Å². The number of rotatable bonds is 4. The van der Waals surface area contributed by atoms with E-state index in [0.29, 0.717) is 11.8 Å². The molecule has 15 rings (SSSR count). The summed E-state index contributed by atoms with van der Waals surface area (Å²) in [6.07, 6.45) is 6.92. The van der Waals surface area contributed by atoms with Gasteiger partial charge in [0.1, 0.15) is 0 Å². The zero-order chi connectivity index (χ0) is 38.4. The number of aromatic nitrogens is 2. The normalized spacial score (nSPS) is 22.6. The molecular weight excluding hydrogens is 715 g/mol. The summed E-state index contributed by atoms with van der Waals surface area (Å²) >= 11 is 0. The van der Waals surface area contributed by atoms with Crippen LogP contribution >= 0.6 is 0 Å². The fourth-order valence-corrected chi connectivity index (χ4v) is 13.6. The van der Waals surface area contributed by atoms with Gasteiger partial charge in [0, 0.05) is 43.7 Å². The summed E-state index contributed by atoms with van der Waals surface area (Å²) in [5.74, 6) is 3.15. The van der Waals surface area contributed by atoms with Crippen LogP contribution in [0.15, 0.2) is 176 Å². The number of hydrogen-bond acceptors (Lipinski definition) is 1. The molecule has 4 aliphatic carbocycles. The fraction of sp³-hybridized carbons (Fsp3) is 0.179. The summed E-state index contributed by atoms with van der Waals surface area (Å²) in [5, 5.41) is 7.74. The van der Waals surface area contributed by atoms with Crippen LogP contribution in [0.3, 0.4) is 0 Å². The van der Waals surface area contributed by atoms with Crippen molar-refractivity contribution >= 4 is 71.4 Å². The Morgan fingerprint density at radius 1 is 0.424 bits per heavy atom. The molecule has 3 heterocycles. The predicted octanol–water partition coefficient (Wildman–Crippen LogP) is 14.6. The van der Waals surface area contributed by atoms with E-state index >= 15 is 0 Å². The average molecular weight is 758 g/mol. The molecule has 3 heteroatoms. The van der Waals surface area contributed by atoms with E-state index in [1.807, 2.05) is 0 Å². The van der Waals surface area contributed by atoms with Crippen molar-refractivity contribution < 1.29 is 0 Å². The van der Waals surface area contributed by atoms with Gasteiger partial charge in [0.2, 0.25) is 0 Å². The molecule has 0 saturated heterocycles. The van der Waals surface area contributed by atoms with Crippen LogP contribution in [0.4, 0.5) is 17.1 Å². The number of para-hydroxylation sites is 4. The molecule has 0 amide bonds. The number of nitrogens with zero attached hydrogens (tertiary/aromatic N) is 3. The van der Waals surface area contributed by atoms with Gasteiger partial charge in [-0.15, -0.1) is 0 Å². The van der Waals surface area contributed by atoms with Crippen molar-refractivity contribution in [1.29, 1.82) is 0 Å². The largest absolute Gasteiger partial charge is 0.309 e. The lowest BCUT2D eigenvalue weighted by Crippen LogP contribution is -2.57. The van der Waals surface area contributed by atoms with E-state index in [2.05, 4.69) is 190 Å². The predicted molar refractivity (Wildman–Crippen MR) is 245 cm³/mol. The van der Waals surface area contributed by atoms with Gasteiger partial charge in [-0.3, -0.25) is 0 Å². The van der Waals surface area contributed by atoms with Crippen molar-refractivity contribution in [1.82, 2.24) is 9.13 Å². The highest BCUT2D eigenvalue weighted by atomic mass is 15.2. The van der Waals surface area contributed by atoms with Gasteiger partial charge in [-0.05, 0) is 133 Å². The van der Waals surface area contributed by atoms with Crippen LogP contribution in [0.2, 0.25) is 0 Å². The standard InChI is InChI=1S/C56H43N3/c1-2-14-42-37(12-1)13-11-23-48(42)58(41-26-24-40(25-27-41)57-49-19-7-3-15-43(49)44-16-4-8-20-50(44)57)53-29-28-47-55-54(53)45-17-5-9-21-51(45)59(55)52-22-10-6-18-46(52)56(47)38-31-35-30-36(33-38)34-39(56)32-35/h1-29,35-36,38-39H,30-34H2. The fourth-order valence-electron chi connectivity index (χ4n) is 13.6. The first kappa shape index (κ1) is 32.4. The minimum Gasteiger partial charge on any atom is -0.309 e. The number of anilines is 3. The van der Waals surface area contributed by atoms with E-state index in [1.54, 1.807) is 11.1 Å². The van der Waals surface area contributed by atoms with Gasteiger partial charge in [0.05, 0.1) is 39.1 Å². The first-order chi connectivity index (χ1) is 29.3. The molecule has 4 saturated carbocycles. The van der Waals surface area contributed by atoms with E-state index in [1.165, 1.54) is 104 Å². The van der Waals surface area contributed by atoms with Crippen molar-refractivity contribution in [2.24, 2.45) is 23.7 Å². The van der Waals surface area contributed by atoms with Gasteiger partial charge in [-0.25, -0.2) is 0 Å². The first-order valence-corrected chi connectivity index (χ1v) is 21.8. The number of fused-ring (bicyclic) bond motifs is 9. The minimum atomic E-state index is 0.0411. The maximum Gasteiger partial charge on any atom is 0.0603 e. The lowest BCUT2D eigenvalue weighted by atomic mass is 9.41. The van der Waals surface area contributed by atoms with Gasteiger partial charge in [-0.2, -0.15) is 0 Å². The maximum absolute atomic E-state index is 2.65. The Kier molecular flexibility index (Phi) is 6.46. The molecule has 4 bridgehead atoms. The van der Waals surface area contributed by atoms with Crippen molar-refractivity contribution in [3.8, 4) is 11.4 Å². The van der Waals surface area contributed by atoms with Gasteiger partial charge in [0.25, 0.3) is 0 Å². The van der Waals surface area contributed by atoms with Crippen LogP contribution in [-0.2, 0) is 5.41 Å². The summed E-state index contributed by atoms with van der Waals surface area (Å²) in [6, 6.07) is 66.5. The monoisotopic (exact) mass is 757 g/mol. The Morgan fingerprint density at radius 2 is 1.00 bits per heavy atom. The molecule has 1 aliphatic heterocycles. The Balaban J connectivity index is 1.06. The average Bonchev–Trinajstić information content (AvgIpc) is 3.81. The second-order valence-electron chi connectivity index (χ2n) is 18.1. The van der Waals surface area contributed by atoms with Crippen molar-refractivity contribution in [3.63, 3.8) is 0 Å². The highest BCUT2D eigenvalue weighted by Gasteiger charge is 2.61. The van der Waals surface area contributed by atoms with Crippen LogP contribution < -0.4 is 4.90 Å². The SMILES string of the molecule is c1ccc2c(c1)-n1c3ccccc3c3c(N(c4ccc(-n5c6ccccc6c6ccccc65)cc4)c4cccc5ccccc45)ccc(c31)C21C2CC3CC(C2)CC1C3. The minimum absolute atomic E-state index is 0.0411. The van der Waals surface area contributed by atoms with Crippen LogP contribution in [0.5, 0.6) is 0 Å². The molecule has 59 heavy (non-hydrogen) atoms. The summed E-state index contributed by atoms with van der Waals surface area (Å²) in [5.41, 5.74) is 14.5. The molecule has 4 fully saturated rings. The van der Waals surface area contributed by atoms with Crippen molar-refractivity contribution in [2.45, 2.75) is 37.5 Å². The van der Waals surface area contributed by atoms with E-state index in [-0.39, 0.29) is 5.41 Å². The zero-order valence-corrected chi connectivity index (χ0v) is 32.9. The first-order valence-electron chi connectivity index (χ1n) is 21.8. The molecular formula is C56H43N3. The quantitative estimate of drug-likeness (QED) is 0.174. The van der Waals surface area contributed by atoms with E-state index in [9.17, 15) is 0 Å². The summed E-state index contributed by atoms with van der Waals surface area (Å²) < 4.78 is 5.08. The molecule has 0 atom stereocenters. The molecule has 2 aromatic heterocycles. The van der Waals surface area contributed by atoms with Crippen LogP contribution in [0.25, 0.3) is 65.8 Å². The Hall–Kier alpha value is -6.58. The topological polar surface area (TPSA) is 13.1 Å². The van der Waals surface area contributed by atoms with E-state index < -0.39 is 0 Å². The molecule has 0 unspecified atom stereocenters. The Bertz CT molecular complexity index is 3280. The third-order valence-electron chi connectivity index (χ3n) is 15.5. The summed E-state index contributed by atoms with van der Waals surface area (Å²) in [4.78, 5) is 2.57. The van der Waals surface area contributed by atoms with Gasteiger partial charge >= 0.3 is 0 Å². The van der Waals surface area contributed by atoms with Gasteiger partial charge in [-0.1, -0.05) is 115 Å². The van der Waals surface area contributed by atoms with E-state index in [4.69, 9.17) is 0 Å². The maximum atomic E-state index is 2.65. The van der Waals surface area contributed by atoms with Gasteiger partial charge in [0.15, 0.2) is 0 Å². The molecule has 3 nitrogen and oxygen atoms in total. The summed E-state index contributed by atoms with van der Waals surface area (Å²) in [6.45, 7) is 0. The molecule has 8 aromatic carbocycles. The number of hydrogen-bond donors (Lipinski definition) is 0. The smallest absolute Gasteiger partial charge is 0.0603 e. The Labute approximate surface area is 343 Å². The molecule has 0 radical (unpaired) electrons. The van der Waals surface area contributed by atoms with Gasteiger partial charge < -0.3 is 14.0 Å².